The van der Waals surface area contributed by atoms with Crippen LogP contribution in [0, 0.1) is 5.92 Å². The number of phosphoric ester groups is 2. The molecule has 0 aliphatic heterocycles. The lowest BCUT2D eigenvalue weighted by Crippen LogP contribution is -2.30. The van der Waals surface area contributed by atoms with E-state index in [0.29, 0.717) is 25.7 Å². The normalized spacial score (nSPS) is 13.9. The van der Waals surface area contributed by atoms with E-state index in [-0.39, 0.29) is 25.7 Å². The van der Waals surface area contributed by atoms with Crippen molar-refractivity contribution in [3.8, 4) is 0 Å². The van der Waals surface area contributed by atoms with Gasteiger partial charge < -0.3 is 33.8 Å². The number of carbonyl (C=O) groups excluding carboxylic acids is 4. The van der Waals surface area contributed by atoms with Crippen LogP contribution in [0.25, 0.3) is 0 Å². The Morgan fingerprint density at radius 1 is 0.278 bits per heavy atom. The van der Waals surface area contributed by atoms with Crippen LogP contribution in [-0.4, -0.2) is 96.7 Å². The van der Waals surface area contributed by atoms with Crippen molar-refractivity contribution in [3.63, 3.8) is 0 Å². The third kappa shape index (κ3) is 72.2. The van der Waals surface area contributed by atoms with Crippen LogP contribution in [0.4, 0.5) is 0 Å². The van der Waals surface area contributed by atoms with Gasteiger partial charge in [0.25, 0.3) is 0 Å². The van der Waals surface area contributed by atoms with E-state index in [4.69, 9.17) is 37.0 Å². The van der Waals surface area contributed by atoms with E-state index in [1.165, 1.54) is 238 Å². The van der Waals surface area contributed by atoms with Crippen LogP contribution in [0.15, 0.2) is 0 Å². The minimum Gasteiger partial charge on any atom is -0.462 e. The van der Waals surface area contributed by atoms with Gasteiger partial charge in [-0.05, 0) is 31.6 Å². The van der Waals surface area contributed by atoms with Crippen LogP contribution in [0.1, 0.15) is 413 Å². The number of unbranched alkanes of at least 4 members (excludes halogenated alkanes) is 50. The molecule has 97 heavy (non-hydrogen) atoms. The number of ether oxygens (including phenoxy) is 4. The first kappa shape index (κ1) is 95.1. The molecular formula is C78H152O17P2. The highest BCUT2D eigenvalue weighted by Crippen LogP contribution is 2.45. The van der Waals surface area contributed by atoms with E-state index >= 15 is 0 Å². The maximum absolute atomic E-state index is 13.1. The fraction of sp³-hybridized carbons (Fsp3) is 0.949. The van der Waals surface area contributed by atoms with E-state index < -0.39 is 97.5 Å². The standard InChI is InChI=1S/C78H152O17P2/c1-6-9-12-15-18-21-23-25-27-29-31-33-38-43-48-53-58-63-77(82)95-74(68-89-76(81)62-57-52-47-42-37-32-30-28-26-24-22-19-16-13-10-7-2)70-93-97(86,87)91-66-72(79)65-90-96(84,85)92-69-73(67-88-75(80)61-56-51-46-40-20-17-14-11-8-3)94-78(83)64-59-54-49-44-39-35-34-36-41-45-50-55-60-71(4)5/h71-74,79H,6-70H2,1-5H3,(H,84,85)(H,86,87)/t72-,73+,74+/m0/s1. The molecule has 2 unspecified atom stereocenters. The van der Waals surface area contributed by atoms with Gasteiger partial charge in [-0.15, -0.1) is 0 Å². The first-order valence-electron chi connectivity index (χ1n) is 40.6. The van der Waals surface area contributed by atoms with Crippen molar-refractivity contribution >= 4 is 39.5 Å². The summed E-state index contributed by atoms with van der Waals surface area (Å²) in [6.07, 6.45) is 61.0. The van der Waals surface area contributed by atoms with E-state index in [2.05, 4.69) is 34.6 Å². The Balaban J connectivity index is 5.23. The Labute approximate surface area is 594 Å². The molecule has 0 radical (unpaired) electrons. The number of aliphatic hydroxyl groups is 1. The molecule has 0 rings (SSSR count). The molecule has 0 heterocycles. The monoisotopic (exact) mass is 1420 g/mol. The summed E-state index contributed by atoms with van der Waals surface area (Å²) >= 11 is 0. The van der Waals surface area contributed by atoms with Gasteiger partial charge in [-0.2, -0.15) is 0 Å². The van der Waals surface area contributed by atoms with Crippen molar-refractivity contribution in [2.75, 3.05) is 39.6 Å². The summed E-state index contributed by atoms with van der Waals surface area (Å²) in [4.78, 5) is 72.9. The lowest BCUT2D eigenvalue weighted by molar-refractivity contribution is -0.161. The minimum atomic E-state index is -4.96. The van der Waals surface area contributed by atoms with Crippen LogP contribution in [-0.2, 0) is 65.4 Å². The summed E-state index contributed by atoms with van der Waals surface area (Å²) in [7, 11) is -9.91. The van der Waals surface area contributed by atoms with Gasteiger partial charge in [0.2, 0.25) is 0 Å². The number of phosphoric acid groups is 2. The zero-order valence-corrected chi connectivity index (χ0v) is 65.0. The molecule has 0 aromatic rings. The van der Waals surface area contributed by atoms with Crippen LogP contribution in [0.2, 0.25) is 0 Å². The quantitative estimate of drug-likeness (QED) is 0.0222. The van der Waals surface area contributed by atoms with Crippen molar-refractivity contribution in [3.05, 3.63) is 0 Å². The smallest absolute Gasteiger partial charge is 0.462 e. The fourth-order valence-corrected chi connectivity index (χ4v) is 13.6. The molecule has 0 aliphatic carbocycles. The van der Waals surface area contributed by atoms with E-state index in [9.17, 15) is 43.2 Å². The van der Waals surface area contributed by atoms with Gasteiger partial charge in [-0.25, -0.2) is 9.13 Å². The first-order chi connectivity index (χ1) is 47.0. The largest absolute Gasteiger partial charge is 0.472 e. The summed E-state index contributed by atoms with van der Waals surface area (Å²) < 4.78 is 68.6. The molecule has 17 nitrogen and oxygen atoms in total. The number of aliphatic hydroxyl groups excluding tert-OH is 1. The molecular weight excluding hydrogens is 1270 g/mol. The Kier molecular flexibility index (Phi) is 69.6. The molecule has 0 amide bonds. The highest BCUT2D eigenvalue weighted by molar-refractivity contribution is 7.47. The molecule has 3 N–H and O–H groups in total. The van der Waals surface area contributed by atoms with Gasteiger partial charge in [0, 0.05) is 25.7 Å². The molecule has 0 aromatic carbocycles. The average Bonchev–Trinajstić information content (AvgIpc) is 3.75. The first-order valence-corrected chi connectivity index (χ1v) is 43.6. The molecule has 0 bridgehead atoms. The highest BCUT2D eigenvalue weighted by atomic mass is 31.2. The predicted molar refractivity (Wildman–Crippen MR) is 395 cm³/mol. The Morgan fingerprint density at radius 2 is 0.474 bits per heavy atom. The third-order valence-corrected chi connectivity index (χ3v) is 20.2. The van der Waals surface area contributed by atoms with E-state index in [1.54, 1.807) is 0 Å². The van der Waals surface area contributed by atoms with Crippen molar-refractivity contribution in [2.24, 2.45) is 5.92 Å². The average molecular weight is 1420 g/mol. The second-order valence-electron chi connectivity index (χ2n) is 28.6. The molecule has 5 atom stereocenters. The zero-order valence-electron chi connectivity index (χ0n) is 63.2. The molecule has 19 heteroatoms. The van der Waals surface area contributed by atoms with Gasteiger partial charge in [-0.1, -0.05) is 362 Å². The molecule has 0 aliphatic rings. The summed E-state index contributed by atoms with van der Waals surface area (Å²) in [5.74, 6) is -1.33. The van der Waals surface area contributed by atoms with Crippen LogP contribution in [0.5, 0.6) is 0 Å². The minimum absolute atomic E-state index is 0.107. The molecule has 0 spiro atoms. The second kappa shape index (κ2) is 71.1. The molecule has 0 saturated heterocycles. The van der Waals surface area contributed by atoms with Gasteiger partial charge in [0.15, 0.2) is 12.2 Å². The molecule has 0 saturated carbocycles. The fourth-order valence-electron chi connectivity index (χ4n) is 12.1. The summed E-state index contributed by atoms with van der Waals surface area (Å²) in [5, 5.41) is 10.6. The lowest BCUT2D eigenvalue weighted by Gasteiger charge is -2.21. The molecule has 0 fully saturated rings. The maximum Gasteiger partial charge on any atom is 0.472 e. The lowest BCUT2D eigenvalue weighted by atomic mass is 10.0. The molecule has 576 valence electrons. The Bertz CT molecular complexity index is 1860. The number of hydrogen-bond donors (Lipinski definition) is 3. The maximum atomic E-state index is 13.1. The third-order valence-electron chi connectivity index (χ3n) is 18.3. The SMILES string of the molecule is CCCCCCCCCCCCCCCCCCCC(=O)O[C@H](COC(=O)CCCCCCCCCCCCCCCCCC)COP(=O)(O)OC[C@@H](O)COP(=O)(O)OC[C@@H](COC(=O)CCCCCCCCCCC)OC(=O)CCCCCCCCCCCCCCC(C)C. The number of hydrogen-bond acceptors (Lipinski definition) is 15. The topological polar surface area (TPSA) is 237 Å². The van der Waals surface area contributed by atoms with Crippen LogP contribution < -0.4 is 0 Å². The predicted octanol–water partition coefficient (Wildman–Crippen LogP) is 23.3. The van der Waals surface area contributed by atoms with Gasteiger partial charge in [-0.3, -0.25) is 37.3 Å². The van der Waals surface area contributed by atoms with Gasteiger partial charge >= 0.3 is 39.5 Å². The molecule has 0 aromatic heterocycles. The van der Waals surface area contributed by atoms with Crippen molar-refractivity contribution in [2.45, 2.75) is 432 Å². The number of esters is 4. The number of carbonyl (C=O) groups is 4. The van der Waals surface area contributed by atoms with Crippen LogP contribution >= 0.6 is 15.6 Å². The van der Waals surface area contributed by atoms with E-state index in [1.807, 2.05) is 0 Å². The summed E-state index contributed by atoms with van der Waals surface area (Å²) in [6.45, 7) is 7.31. The second-order valence-corrected chi connectivity index (χ2v) is 31.5. The van der Waals surface area contributed by atoms with Crippen molar-refractivity contribution in [1.82, 2.24) is 0 Å². The summed E-state index contributed by atoms with van der Waals surface area (Å²) in [6, 6.07) is 0. The Morgan fingerprint density at radius 3 is 0.701 bits per heavy atom. The Hall–Kier alpha value is -1.94. The highest BCUT2D eigenvalue weighted by Gasteiger charge is 2.30. The van der Waals surface area contributed by atoms with Gasteiger partial charge in [0.05, 0.1) is 26.4 Å². The van der Waals surface area contributed by atoms with Crippen LogP contribution in [0.3, 0.4) is 0 Å². The zero-order chi connectivity index (χ0) is 71.2. The number of rotatable bonds is 78. The van der Waals surface area contributed by atoms with Gasteiger partial charge in [0.1, 0.15) is 19.3 Å². The van der Waals surface area contributed by atoms with Crippen molar-refractivity contribution in [1.29, 1.82) is 0 Å². The summed E-state index contributed by atoms with van der Waals surface area (Å²) in [5.41, 5.74) is 0. The van der Waals surface area contributed by atoms with Crippen molar-refractivity contribution < 1.29 is 80.2 Å². The van der Waals surface area contributed by atoms with E-state index in [0.717, 1.165) is 95.8 Å².